The third-order valence-corrected chi connectivity index (χ3v) is 4.89. The summed E-state index contributed by atoms with van der Waals surface area (Å²) in [6.45, 7) is 9.53. The van der Waals surface area contributed by atoms with E-state index in [0.717, 1.165) is 6.54 Å². The van der Waals surface area contributed by atoms with Gasteiger partial charge in [0.25, 0.3) is 0 Å². The van der Waals surface area contributed by atoms with Crippen LogP contribution in [0, 0.1) is 0 Å². The summed E-state index contributed by atoms with van der Waals surface area (Å²) in [6, 6.07) is 16.8. The number of aromatic nitrogens is 2. The average Bonchev–Trinajstić information content (AvgIpc) is 2.83. The second-order valence-electron chi connectivity index (χ2n) is 7.58. The zero-order valence-electron chi connectivity index (χ0n) is 21.1. The number of aryl methyl sites for hydroxylation is 1. The van der Waals surface area contributed by atoms with Gasteiger partial charge in [-0.2, -0.15) is 8.46 Å². The summed E-state index contributed by atoms with van der Waals surface area (Å²) in [7, 11) is -5.20. The number of rotatable bonds is 5. The van der Waals surface area contributed by atoms with Crippen LogP contribution in [0.5, 0.6) is 0 Å². The summed E-state index contributed by atoms with van der Waals surface area (Å²) < 4.78 is 61.3. The van der Waals surface area contributed by atoms with Crippen LogP contribution in [0.3, 0.4) is 0 Å². The van der Waals surface area contributed by atoms with Crippen molar-refractivity contribution in [2.45, 2.75) is 45.5 Å². The number of alkyl halides is 1. The Bertz CT molecular complexity index is 987. The van der Waals surface area contributed by atoms with E-state index in [0.29, 0.717) is 20.3 Å². The van der Waals surface area contributed by atoms with Crippen LogP contribution >= 0.6 is 27.9 Å². The Morgan fingerprint density at radius 2 is 1.30 bits per heavy atom. The minimum Gasteiger partial charge on any atom is -0.175 e. The Morgan fingerprint density at radius 1 is 0.892 bits per heavy atom. The Kier molecular flexibility index (Phi) is 17.2. The van der Waals surface area contributed by atoms with Crippen molar-refractivity contribution in [3.8, 4) is 11.1 Å². The van der Waals surface area contributed by atoms with E-state index in [9.17, 15) is 25.2 Å². The van der Waals surface area contributed by atoms with Gasteiger partial charge in [0, 0.05) is 49.0 Å². The van der Waals surface area contributed by atoms with Gasteiger partial charge in [0.15, 0.2) is 12.4 Å². The molecular weight excluding hydrogens is 589 g/mol. The van der Waals surface area contributed by atoms with Gasteiger partial charge in [-0.25, -0.2) is 4.57 Å². The minimum absolute atomic E-state index is 0. The largest absolute Gasteiger partial charge is 0.175 e. The maximum Gasteiger partial charge on any atom is 0.104 e. The Balaban J connectivity index is 0. The molecule has 2 heterocycles. The zero-order valence-corrected chi connectivity index (χ0v) is 25.2. The molecule has 3 aromatic rings. The van der Waals surface area contributed by atoms with Crippen LogP contribution in [0.1, 0.15) is 44.2 Å². The van der Waals surface area contributed by atoms with Crippen molar-refractivity contribution in [2.24, 2.45) is 0 Å². The smallest absolute Gasteiger partial charge is 0.104 e. The normalized spacial score (nSPS) is 13.2. The summed E-state index contributed by atoms with van der Waals surface area (Å²) in [5, 5.41) is 0. The molecule has 3 rings (SSSR count). The molecule has 0 aliphatic rings. The molecule has 0 aliphatic heterocycles. The van der Waals surface area contributed by atoms with E-state index in [-0.39, 0.29) is 18.6 Å². The summed E-state index contributed by atoms with van der Waals surface area (Å²) in [5.74, 6) is 1.27. The SMILES string of the molecule is CCC(C)c1ccc(CCl)cc1.CC[n+]1ccc(-c2ccncc2)cc1.F[P-](F)(F)(F)(F)F.[B]PC.[V]. The Morgan fingerprint density at radius 3 is 1.65 bits per heavy atom. The van der Waals surface area contributed by atoms with Gasteiger partial charge < -0.3 is 0 Å². The zero-order chi connectivity index (χ0) is 27.9. The van der Waals surface area contributed by atoms with Crippen LogP contribution < -0.4 is 4.57 Å². The summed E-state index contributed by atoms with van der Waals surface area (Å²) >= 11 is 5.69. The van der Waals surface area contributed by atoms with Crippen LogP contribution in [0.4, 0.5) is 25.2 Å². The molecule has 13 heteroatoms. The van der Waals surface area contributed by atoms with E-state index >= 15 is 0 Å². The van der Waals surface area contributed by atoms with Crippen LogP contribution in [0.25, 0.3) is 11.1 Å². The molecule has 0 spiro atoms. The van der Waals surface area contributed by atoms with Gasteiger partial charge in [0.2, 0.25) is 0 Å². The number of halogens is 7. The molecule has 2 atom stereocenters. The first-order chi connectivity index (χ1) is 16.5. The first kappa shape index (κ1) is 38.0. The third-order valence-electron chi connectivity index (χ3n) is 4.59. The minimum atomic E-state index is -10.7. The predicted molar refractivity (Wildman–Crippen MR) is 144 cm³/mol. The summed E-state index contributed by atoms with van der Waals surface area (Å²) in [4.78, 5) is 4.00. The van der Waals surface area contributed by atoms with Gasteiger partial charge in [0.05, 0.1) is 0 Å². The van der Waals surface area contributed by atoms with E-state index in [1.807, 2.05) is 31.2 Å². The van der Waals surface area contributed by atoms with Gasteiger partial charge >= 0.3 is 33.0 Å². The molecule has 2 aromatic heterocycles. The fourth-order valence-electron chi connectivity index (χ4n) is 2.58. The van der Waals surface area contributed by atoms with Crippen molar-refractivity contribution >= 4 is 35.4 Å². The molecule has 0 fully saturated rings. The van der Waals surface area contributed by atoms with Gasteiger partial charge in [0.1, 0.15) is 14.1 Å². The van der Waals surface area contributed by atoms with Crippen molar-refractivity contribution in [2.75, 3.05) is 6.66 Å². The van der Waals surface area contributed by atoms with Gasteiger partial charge in [-0.3, -0.25) is 4.98 Å². The molecule has 0 aliphatic carbocycles. The molecular formula is C24H32BClF6N2P2V. The van der Waals surface area contributed by atoms with E-state index in [2.05, 4.69) is 79.1 Å². The second kappa shape index (κ2) is 16.8. The van der Waals surface area contributed by atoms with Crippen molar-refractivity contribution in [3.63, 3.8) is 0 Å². The Labute approximate surface area is 235 Å². The molecule has 0 amide bonds. The van der Waals surface area contributed by atoms with Crippen molar-refractivity contribution in [1.82, 2.24) is 4.98 Å². The van der Waals surface area contributed by atoms with E-state index in [1.165, 1.54) is 28.7 Å². The molecule has 3 radical (unpaired) electrons. The number of hydrogen-bond acceptors (Lipinski definition) is 1. The average molecular weight is 622 g/mol. The fraction of sp³-hybridized carbons (Fsp3) is 0.333. The van der Waals surface area contributed by atoms with Crippen molar-refractivity contribution in [3.05, 3.63) is 84.4 Å². The maximum absolute atomic E-state index is 10.7. The number of nitrogens with zero attached hydrogens (tertiary/aromatic N) is 2. The van der Waals surface area contributed by atoms with E-state index in [4.69, 9.17) is 19.2 Å². The summed E-state index contributed by atoms with van der Waals surface area (Å²) in [5.41, 5.74) is 5.05. The monoisotopic (exact) mass is 621 g/mol. The molecule has 205 valence electrons. The molecule has 0 saturated carbocycles. The summed E-state index contributed by atoms with van der Waals surface area (Å²) in [6.07, 6.45) is 9.01. The van der Waals surface area contributed by atoms with Crippen molar-refractivity contribution in [1.29, 1.82) is 0 Å². The first-order valence-corrected chi connectivity index (χ1v) is 15.2. The van der Waals surface area contributed by atoms with Gasteiger partial charge in [-0.05, 0) is 53.6 Å². The van der Waals surface area contributed by atoms with E-state index in [1.54, 1.807) is 0 Å². The first-order valence-electron chi connectivity index (χ1n) is 11.0. The molecule has 2 unspecified atom stereocenters. The molecule has 0 saturated heterocycles. The number of benzene rings is 1. The Hall–Kier alpha value is -1.10. The maximum atomic E-state index is 9.87. The topological polar surface area (TPSA) is 16.8 Å². The van der Waals surface area contributed by atoms with Crippen LogP contribution in [-0.2, 0) is 31.0 Å². The molecule has 2 nitrogen and oxygen atoms in total. The van der Waals surface area contributed by atoms with Crippen LogP contribution in [0.15, 0.2) is 73.3 Å². The number of pyridine rings is 2. The van der Waals surface area contributed by atoms with E-state index < -0.39 is 7.81 Å². The molecule has 0 N–H and O–H groups in total. The quantitative estimate of drug-likeness (QED) is 0.0911. The molecule has 0 bridgehead atoms. The van der Waals surface area contributed by atoms with Gasteiger partial charge in [-0.1, -0.05) is 44.8 Å². The molecule has 1 aromatic carbocycles. The second-order valence-corrected chi connectivity index (χ2v) is 10.3. The van der Waals surface area contributed by atoms with Gasteiger partial charge in [-0.15, -0.1) is 11.6 Å². The standard InChI is InChI=1S/C12H13N2.C11H15Cl.CH4BP.F6P.V/c1-2-14-9-5-12(6-10-14)11-3-7-13-8-4-11;1-3-9(2)11-6-4-10(8-12)5-7-11;1-3-2;1-7(2,3,4,5)6;/h3-10H,2H2,1H3;4-7,9H,3,8H2,1-2H3;3H,1H3;;/q+1;;;-1;. The van der Waals surface area contributed by atoms with Crippen LogP contribution in [-0.4, -0.2) is 19.2 Å². The van der Waals surface area contributed by atoms with Crippen LogP contribution in [0.2, 0.25) is 0 Å². The fourth-order valence-corrected chi connectivity index (χ4v) is 2.75. The molecule has 37 heavy (non-hydrogen) atoms. The third kappa shape index (κ3) is 22.6. The predicted octanol–water partition coefficient (Wildman–Crippen LogP) is 9.75. The number of hydrogen-bond donors (Lipinski definition) is 0. The van der Waals surface area contributed by atoms with Crippen molar-refractivity contribution < 1.29 is 48.3 Å².